The molecule has 4 atom stereocenters. The summed E-state index contributed by atoms with van der Waals surface area (Å²) in [7, 11) is 0. The lowest BCUT2D eigenvalue weighted by molar-refractivity contribution is 0.0919. The zero-order chi connectivity index (χ0) is 11.8. The van der Waals surface area contributed by atoms with Crippen LogP contribution < -0.4 is 5.32 Å². The molecule has 2 bridgehead atoms. The molecule has 0 aliphatic heterocycles. The predicted molar refractivity (Wildman–Crippen MR) is 70.2 cm³/mol. The van der Waals surface area contributed by atoms with Gasteiger partial charge in [0.05, 0.1) is 4.88 Å². The lowest BCUT2D eigenvalue weighted by Crippen LogP contribution is -2.39. The molecular formula is C14H19NOS. The highest BCUT2D eigenvalue weighted by atomic mass is 32.1. The number of thiophene rings is 1. The molecular weight excluding hydrogens is 230 g/mol. The summed E-state index contributed by atoms with van der Waals surface area (Å²) in [4.78, 5) is 12.8. The van der Waals surface area contributed by atoms with Gasteiger partial charge in [0.15, 0.2) is 0 Å². The largest absolute Gasteiger partial charge is 0.349 e. The normalized spacial score (nSPS) is 32.6. The van der Waals surface area contributed by atoms with Gasteiger partial charge in [0.25, 0.3) is 5.91 Å². The molecule has 3 rings (SSSR count). The highest BCUT2D eigenvalue weighted by Crippen LogP contribution is 2.49. The topological polar surface area (TPSA) is 29.1 Å². The third-order valence-corrected chi connectivity index (χ3v) is 5.41. The van der Waals surface area contributed by atoms with Crippen LogP contribution in [0.4, 0.5) is 0 Å². The SMILES string of the molecule is C[C@H](NC(=O)c1cccs1)[C@@H]1C[C@@H]2CC[C@@H]1C2. The van der Waals surface area contributed by atoms with Crippen LogP contribution in [-0.4, -0.2) is 11.9 Å². The van der Waals surface area contributed by atoms with Crippen LogP contribution in [0.3, 0.4) is 0 Å². The van der Waals surface area contributed by atoms with Gasteiger partial charge in [-0.25, -0.2) is 0 Å². The van der Waals surface area contributed by atoms with Crippen molar-refractivity contribution in [1.82, 2.24) is 5.32 Å². The highest BCUT2D eigenvalue weighted by molar-refractivity contribution is 7.12. The van der Waals surface area contributed by atoms with Crippen LogP contribution in [0.15, 0.2) is 17.5 Å². The van der Waals surface area contributed by atoms with Gasteiger partial charge in [-0.15, -0.1) is 11.3 Å². The molecule has 0 spiro atoms. The monoisotopic (exact) mass is 249 g/mol. The smallest absolute Gasteiger partial charge is 0.261 e. The summed E-state index contributed by atoms with van der Waals surface area (Å²) < 4.78 is 0. The van der Waals surface area contributed by atoms with Gasteiger partial charge in [-0.05, 0) is 55.4 Å². The first kappa shape index (κ1) is 11.3. The van der Waals surface area contributed by atoms with E-state index in [1.807, 2.05) is 17.5 Å². The van der Waals surface area contributed by atoms with Crippen molar-refractivity contribution in [2.45, 2.75) is 38.6 Å². The molecule has 1 aromatic heterocycles. The van der Waals surface area contributed by atoms with Gasteiger partial charge in [0, 0.05) is 6.04 Å². The van der Waals surface area contributed by atoms with E-state index in [1.54, 1.807) is 0 Å². The third kappa shape index (κ3) is 2.13. The van der Waals surface area contributed by atoms with Crippen LogP contribution >= 0.6 is 11.3 Å². The van der Waals surface area contributed by atoms with Gasteiger partial charge >= 0.3 is 0 Å². The van der Waals surface area contributed by atoms with Crippen LogP contribution in [0.25, 0.3) is 0 Å². The second-order valence-corrected chi connectivity index (χ2v) is 6.53. The van der Waals surface area contributed by atoms with Crippen LogP contribution in [-0.2, 0) is 0 Å². The molecule has 0 radical (unpaired) electrons. The predicted octanol–water partition coefficient (Wildman–Crippen LogP) is 3.30. The van der Waals surface area contributed by atoms with E-state index >= 15 is 0 Å². The standard InChI is InChI=1S/C14H19NOS/c1-9(12-8-10-4-5-11(12)7-10)15-14(16)13-3-2-6-17-13/h2-3,6,9-12H,4-5,7-8H2,1H3,(H,15,16)/t9-,10+,11+,12-/m0/s1. The fraction of sp³-hybridized carbons (Fsp3) is 0.643. The molecule has 0 unspecified atom stereocenters. The maximum atomic E-state index is 12.0. The summed E-state index contributed by atoms with van der Waals surface area (Å²) in [6.45, 7) is 2.18. The van der Waals surface area contributed by atoms with Gasteiger partial charge in [-0.3, -0.25) is 4.79 Å². The van der Waals surface area contributed by atoms with E-state index in [0.29, 0.717) is 6.04 Å². The van der Waals surface area contributed by atoms with Gasteiger partial charge < -0.3 is 5.32 Å². The molecule has 17 heavy (non-hydrogen) atoms. The summed E-state index contributed by atoms with van der Waals surface area (Å²) in [5, 5.41) is 5.14. The molecule has 2 aliphatic carbocycles. The zero-order valence-corrected chi connectivity index (χ0v) is 11.0. The Hall–Kier alpha value is -0.830. The van der Waals surface area contributed by atoms with Crippen molar-refractivity contribution in [2.75, 3.05) is 0 Å². The van der Waals surface area contributed by atoms with E-state index in [4.69, 9.17) is 0 Å². The maximum absolute atomic E-state index is 12.0. The lowest BCUT2D eigenvalue weighted by atomic mass is 9.84. The number of amides is 1. The highest BCUT2D eigenvalue weighted by Gasteiger charge is 2.42. The number of fused-ring (bicyclic) bond motifs is 2. The first-order valence-corrected chi connectivity index (χ1v) is 7.46. The molecule has 1 amide bonds. The van der Waals surface area contributed by atoms with Gasteiger partial charge in [0.1, 0.15) is 0 Å². The Kier molecular flexibility index (Phi) is 2.95. The number of hydrogen-bond acceptors (Lipinski definition) is 2. The molecule has 92 valence electrons. The van der Waals surface area contributed by atoms with Gasteiger partial charge in [-0.1, -0.05) is 12.5 Å². The first-order valence-electron chi connectivity index (χ1n) is 6.58. The zero-order valence-electron chi connectivity index (χ0n) is 10.2. The molecule has 1 N–H and O–H groups in total. The number of carbonyl (C=O) groups is 1. The average molecular weight is 249 g/mol. The van der Waals surface area contributed by atoms with E-state index in [2.05, 4.69) is 12.2 Å². The van der Waals surface area contributed by atoms with E-state index in [0.717, 1.165) is 22.6 Å². The van der Waals surface area contributed by atoms with Crippen LogP contribution in [0, 0.1) is 17.8 Å². The molecule has 3 heteroatoms. The van der Waals surface area contributed by atoms with Crippen LogP contribution in [0.1, 0.15) is 42.3 Å². The van der Waals surface area contributed by atoms with Crippen LogP contribution in [0.2, 0.25) is 0 Å². The van der Waals surface area contributed by atoms with Crippen molar-refractivity contribution >= 4 is 17.2 Å². The molecule has 2 fully saturated rings. The first-order chi connectivity index (χ1) is 8.24. The Bertz CT molecular complexity index is 400. The molecule has 1 heterocycles. The number of hydrogen-bond donors (Lipinski definition) is 1. The minimum Gasteiger partial charge on any atom is -0.349 e. The van der Waals surface area contributed by atoms with Crippen molar-refractivity contribution in [1.29, 1.82) is 0 Å². The quantitative estimate of drug-likeness (QED) is 0.875. The second-order valence-electron chi connectivity index (χ2n) is 5.58. The third-order valence-electron chi connectivity index (χ3n) is 4.54. The Labute approximate surface area is 106 Å². The minimum absolute atomic E-state index is 0.107. The van der Waals surface area contributed by atoms with Crippen molar-refractivity contribution in [2.24, 2.45) is 17.8 Å². The molecule has 2 saturated carbocycles. The number of rotatable bonds is 3. The van der Waals surface area contributed by atoms with E-state index in [1.165, 1.54) is 37.0 Å². The fourth-order valence-corrected chi connectivity index (χ4v) is 4.33. The van der Waals surface area contributed by atoms with Crippen molar-refractivity contribution in [3.05, 3.63) is 22.4 Å². The number of nitrogens with one attached hydrogen (secondary N) is 1. The lowest BCUT2D eigenvalue weighted by Gasteiger charge is -2.28. The van der Waals surface area contributed by atoms with Crippen molar-refractivity contribution in [3.63, 3.8) is 0 Å². The summed E-state index contributed by atoms with van der Waals surface area (Å²) in [5.74, 6) is 2.65. The summed E-state index contributed by atoms with van der Waals surface area (Å²) >= 11 is 1.52. The maximum Gasteiger partial charge on any atom is 0.261 e. The van der Waals surface area contributed by atoms with E-state index < -0.39 is 0 Å². The second kappa shape index (κ2) is 4.45. The summed E-state index contributed by atoms with van der Waals surface area (Å²) in [6, 6.07) is 4.16. The Morgan fingerprint density at radius 3 is 2.94 bits per heavy atom. The molecule has 0 aromatic carbocycles. The Morgan fingerprint density at radius 2 is 2.35 bits per heavy atom. The summed E-state index contributed by atoms with van der Waals surface area (Å²) in [5.41, 5.74) is 0. The molecule has 0 saturated heterocycles. The molecule has 2 aliphatic rings. The van der Waals surface area contributed by atoms with Gasteiger partial charge in [0.2, 0.25) is 0 Å². The molecule has 2 nitrogen and oxygen atoms in total. The minimum atomic E-state index is 0.107. The Balaban J connectivity index is 1.60. The van der Waals surface area contributed by atoms with Gasteiger partial charge in [-0.2, -0.15) is 0 Å². The fourth-order valence-electron chi connectivity index (χ4n) is 3.70. The van der Waals surface area contributed by atoms with E-state index in [9.17, 15) is 4.79 Å². The number of carbonyl (C=O) groups excluding carboxylic acids is 1. The Morgan fingerprint density at radius 1 is 1.47 bits per heavy atom. The summed E-state index contributed by atoms with van der Waals surface area (Å²) in [6.07, 6.45) is 5.54. The molecule has 1 aromatic rings. The van der Waals surface area contributed by atoms with E-state index in [-0.39, 0.29) is 5.91 Å². The van der Waals surface area contributed by atoms with Crippen LogP contribution in [0.5, 0.6) is 0 Å². The van der Waals surface area contributed by atoms with Crippen molar-refractivity contribution < 1.29 is 4.79 Å². The average Bonchev–Trinajstić information content (AvgIpc) is 3.05. The van der Waals surface area contributed by atoms with Crippen molar-refractivity contribution in [3.8, 4) is 0 Å².